The van der Waals surface area contributed by atoms with Gasteiger partial charge in [-0.1, -0.05) is 18.0 Å². The van der Waals surface area contributed by atoms with E-state index < -0.39 is 12.0 Å². The van der Waals surface area contributed by atoms with E-state index in [0.29, 0.717) is 18.0 Å². The molecule has 3 atom stereocenters. The molecule has 2 aliphatic rings. The zero-order valence-electron chi connectivity index (χ0n) is 11.2. The van der Waals surface area contributed by atoms with E-state index in [4.69, 9.17) is 4.52 Å². The van der Waals surface area contributed by atoms with Crippen LogP contribution in [-0.4, -0.2) is 39.1 Å². The molecule has 1 saturated heterocycles. The van der Waals surface area contributed by atoms with Gasteiger partial charge >= 0.3 is 5.97 Å². The molecule has 0 spiro atoms. The van der Waals surface area contributed by atoms with Crippen molar-refractivity contribution in [3.63, 3.8) is 0 Å². The summed E-state index contributed by atoms with van der Waals surface area (Å²) < 4.78 is 4.72. The molecule has 108 valence electrons. The molecule has 0 aromatic carbocycles. The molecule has 6 heteroatoms. The zero-order valence-corrected chi connectivity index (χ0v) is 11.2. The molecule has 1 N–H and O–H groups in total. The molecule has 20 heavy (non-hydrogen) atoms. The van der Waals surface area contributed by atoms with Crippen molar-refractivity contribution in [2.45, 2.75) is 50.6 Å². The first-order valence-corrected chi connectivity index (χ1v) is 7.10. The Balaban J connectivity index is 1.79. The van der Waals surface area contributed by atoms with E-state index in [1.165, 1.54) is 6.26 Å². The minimum atomic E-state index is -0.895. The average molecular weight is 278 g/mol. The van der Waals surface area contributed by atoms with E-state index in [1.54, 1.807) is 11.0 Å². The Morgan fingerprint density at radius 2 is 2.20 bits per heavy atom. The Hall–Kier alpha value is -1.85. The molecule has 2 heterocycles. The van der Waals surface area contributed by atoms with Crippen LogP contribution in [0, 0.1) is 5.92 Å². The maximum atomic E-state index is 12.5. The summed E-state index contributed by atoms with van der Waals surface area (Å²) in [6.45, 7) is 0. The molecule has 3 unspecified atom stereocenters. The van der Waals surface area contributed by atoms with E-state index >= 15 is 0 Å². The summed E-state index contributed by atoms with van der Waals surface area (Å²) in [5, 5.41) is 13.1. The number of carboxylic acid groups (broad SMARTS) is 1. The van der Waals surface area contributed by atoms with Crippen LogP contribution in [0.15, 0.2) is 16.9 Å². The van der Waals surface area contributed by atoms with Crippen LogP contribution in [0.4, 0.5) is 0 Å². The van der Waals surface area contributed by atoms with Gasteiger partial charge in [-0.3, -0.25) is 4.79 Å². The van der Waals surface area contributed by atoms with Gasteiger partial charge in [-0.05, 0) is 25.2 Å². The minimum absolute atomic E-state index is 0.0873. The van der Waals surface area contributed by atoms with Gasteiger partial charge < -0.3 is 14.5 Å². The second kappa shape index (κ2) is 5.26. The number of carbonyl (C=O) groups is 2. The molecule has 6 nitrogen and oxygen atoms in total. The molecule has 1 aliphatic heterocycles. The Labute approximate surface area is 116 Å². The fraction of sp³-hybridized carbons (Fsp3) is 0.643. The number of carbonyl (C=O) groups excluding carboxylic acids is 1. The van der Waals surface area contributed by atoms with Gasteiger partial charge in [0, 0.05) is 12.1 Å². The Morgan fingerprint density at radius 1 is 1.40 bits per heavy atom. The van der Waals surface area contributed by atoms with Crippen LogP contribution in [0.2, 0.25) is 0 Å². The molecule has 1 aliphatic carbocycles. The first-order valence-electron chi connectivity index (χ1n) is 7.10. The van der Waals surface area contributed by atoms with Crippen LogP contribution in [0.3, 0.4) is 0 Å². The highest BCUT2D eigenvalue weighted by Gasteiger charge is 2.47. The van der Waals surface area contributed by atoms with Crippen LogP contribution >= 0.6 is 0 Å². The van der Waals surface area contributed by atoms with Crippen molar-refractivity contribution in [1.82, 2.24) is 10.1 Å². The van der Waals surface area contributed by atoms with Crippen LogP contribution in [-0.2, 0) is 16.0 Å². The van der Waals surface area contributed by atoms with Crippen molar-refractivity contribution in [2.75, 3.05) is 0 Å². The second-order valence-electron chi connectivity index (χ2n) is 5.67. The predicted molar refractivity (Wildman–Crippen MR) is 68.8 cm³/mol. The molecular formula is C14H18N2O4. The summed E-state index contributed by atoms with van der Waals surface area (Å²) in [5.74, 6) is -0.709. The SMILES string of the molecule is O=C(O)C1CC2CCCCC2N1C(=O)Cc1ccon1. The van der Waals surface area contributed by atoms with E-state index in [1.807, 2.05) is 0 Å². The Bertz CT molecular complexity index is 499. The first-order chi connectivity index (χ1) is 9.66. The largest absolute Gasteiger partial charge is 0.480 e. The summed E-state index contributed by atoms with van der Waals surface area (Å²) in [6, 6.07) is 1.05. The van der Waals surface area contributed by atoms with Crippen LogP contribution in [0.25, 0.3) is 0 Å². The second-order valence-corrected chi connectivity index (χ2v) is 5.67. The van der Waals surface area contributed by atoms with Crippen molar-refractivity contribution < 1.29 is 19.2 Å². The topological polar surface area (TPSA) is 83.6 Å². The molecule has 1 aromatic heterocycles. The third-order valence-electron chi connectivity index (χ3n) is 4.48. The number of aromatic nitrogens is 1. The number of hydrogen-bond donors (Lipinski definition) is 1. The van der Waals surface area contributed by atoms with Crippen LogP contribution in [0.1, 0.15) is 37.8 Å². The Morgan fingerprint density at radius 3 is 2.90 bits per heavy atom. The summed E-state index contributed by atoms with van der Waals surface area (Å²) >= 11 is 0. The summed E-state index contributed by atoms with van der Waals surface area (Å²) in [7, 11) is 0. The lowest BCUT2D eigenvalue weighted by Crippen LogP contribution is -2.46. The van der Waals surface area contributed by atoms with Crippen LogP contribution < -0.4 is 0 Å². The van der Waals surface area contributed by atoms with Crippen molar-refractivity contribution in [1.29, 1.82) is 0 Å². The fourth-order valence-corrected chi connectivity index (χ4v) is 3.61. The molecule has 1 aromatic rings. The lowest BCUT2D eigenvalue weighted by molar-refractivity contribution is -0.149. The highest BCUT2D eigenvalue weighted by molar-refractivity contribution is 5.85. The van der Waals surface area contributed by atoms with E-state index in [0.717, 1.165) is 25.7 Å². The minimum Gasteiger partial charge on any atom is -0.480 e. The number of likely N-dealkylation sites (tertiary alicyclic amines) is 1. The number of hydrogen-bond acceptors (Lipinski definition) is 4. The molecule has 1 saturated carbocycles. The normalized spacial score (nSPS) is 29.2. The van der Waals surface area contributed by atoms with Crippen molar-refractivity contribution >= 4 is 11.9 Å². The highest BCUT2D eigenvalue weighted by atomic mass is 16.5. The van der Waals surface area contributed by atoms with Gasteiger partial charge in [0.2, 0.25) is 5.91 Å². The van der Waals surface area contributed by atoms with Gasteiger partial charge in [0.1, 0.15) is 12.3 Å². The molecule has 1 amide bonds. The van der Waals surface area contributed by atoms with Gasteiger partial charge in [0.25, 0.3) is 0 Å². The third-order valence-corrected chi connectivity index (χ3v) is 4.48. The lowest BCUT2D eigenvalue weighted by Gasteiger charge is -2.32. The quantitative estimate of drug-likeness (QED) is 0.905. The number of amides is 1. The summed E-state index contributed by atoms with van der Waals surface area (Å²) in [6.07, 6.45) is 6.28. The van der Waals surface area contributed by atoms with Gasteiger partial charge in [-0.15, -0.1) is 0 Å². The van der Waals surface area contributed by atoms with Crippen molar-refractivity contribution in [2.24, 2.45) is 5.92 Å². The monoisotopic (exact) mass is 278 g/mol. The average Bonchev–Trinajstić information content (AvgIpc) is 3.04. The van der Waals surface area contributed by atoms with Crippen molar-refractivity contribution in [3.05, 3.63) is 18.0 Å². The maximum absolute atomic E-state index is 12.5. The highest BCUT2D eigenvalue weighted by Crippen LogP contribution is 2.40. The van der Waals surface area contributed by atoms with Crippen molar-refractivity contribution in [3.8, 4) is 0 Å². The van der Waals surface area contributed by atoms with Gasteiger partial charge in [-0.25, -0.2) is 4.79 Å². The molecule has 2 fully saturated rings. The molecule has 0 radical (unpaired) electrons. The number of rotatable bonds is 3. The van der Waals surface area contributed by atoms with E-state index in [-0.39, 0.29) is 18.4 Å². The predicted octanol–water partition coefficient (Wildman–Crippen LogP) is 1.46. The Kier molecular flexibility index (Phi) is 3.46. The smallest absolute Gasteiger partial charge is 0.326 e. The maximum Gasteiger partial charge on any atom is 0.326 e. The van der Waals surface area contributed by atoms with E-state index in [2.05, 4.69) is 5.16 Å². The third kappa shape index (κ3) is 2.30. The fourth-order valence-electron chi connectivity index (χ4n) is 3.61. The number of nitrogens with zero attached hydrogens (tertiary/aromatic N) is 2. The first kappa shape index (κ1) is 13.1. The summed E-state index contributed by atoms with van der Waals surface area (Å²) in [4.78, 5) is 25.5. The van der Waals surface area contributed by atoms with E-state index in [9.17, 15) is 14.7 Å². The number of fused-ring (bicyclic) bond motifs is 1. The zero-order chi connectivity index (χ0) is 14.1. The van der Waals surface area contributed by atoms with Crippen LogP contribution in [0.5, 0.6) is 0 Å². The van der Waals surface area contributed by atoms with Gasteiger partial charge in [-0.2, -0.15) is 0 Å². The lowest BCUT2D eigenvalue weighted by atomic mass is 9.84. The molecule has 3 rings (SSSR count). The molecule has 0 bridgehead atoms. The standard InChI is InChI=1S/C14H18N2O4/c17-13(8-10-5-6-20-15-10)16-11-4-2-1-3-9(11)7-12(16)14(18)19/h5-6,9,11-12H,1-4,7-8H2,(H,18,19). The summed E-state index contributed by atoms with van der Waals surface area (Å²) in [5.41, 5.74) is 0.554. The van der Waals surface area contributed by atoms with Gasteiger partial charge in [0.15, 0.2) is 0 Å². The van der Waals surface area contributed by atoms with Gasteiger partial charge in [0.05, 0.1) is 12.1 Å². The molecular weight excluding hydrogens is 260 g/mol. The number of aliphatic carboxylic acids is 1. The number of carboxylic acids is 1.